The van der Waals surface area contributed by atoms with E-state index in [1.165, 1.54) is 22.2 Å². The van der Waals surface area contributed by atoms with E-state index in [1.54, 1.807) is 0 Å². The molecule has 33 heavy (non-hydrogen) atoms. The molecule has 1 aliphatic heterocycles. The lowest BCUT2D eigenvalue weighted by Crippen LogP contribution is -2.49. The third-order valence-corrected chi connectivity index (χ3v) is 8.60. The fraction of sp³-hybridized carbons (Fsp3) is 0.519. The smallest absolute Gasteiger partial charge is 0.254 e. The number of anilines is 1. The Labute approximate surface area is 200 Å². The van der Waals surface area contributed by atoms with E-state index in [-0.39, 0.29) is 5.91 Å². The van der Waals surface area contributed by atoms with Crippen molar-refractivity contribution in [3.63, 3.8) is 0 Å². The van der Waals surface area contributed by atoms with Gasteiger partial charge < -0.3 is 9.80 Å². The van der Waals surface area contributed by atoms with Gasteiger partial charge in [-0.25, -0.2) is 9.97 Å². The van der Waals surface area contributed by atoms with Gasteiger partial charge in [-0.2, -0.15) is 0 Å². The maximum atomic E-state index is 13.1. The number of aromatic nitrogens is 2. The minimum absolute atomic E-state index is 0.141. The third kappa shape index (κ3) is 4.14. The van der Waals surface area contributed by atoms with Crippen LogP contribution in [0.1, 0.15) is 71.7 Å². The Kier molecular flexibility index (Phi) is 6.12. The van der Waals surface area contributed by atoms with E-state index >= 15 is 0 Å². The molecule has 174 valence electrons. The zero-order chi connectivity index (χ0) is 23.1. The highest BCUT2D eigenvalue weighted by Crippen LogP contribution is 2.42. The number of aryl methyl sites for hydroxylation is 2. The van der Waals surface area contributed by atoms with Crippen LogP contribution in [0, 0.1) is 12.8 Å². The van der Waals surface area contributed by atoms with Gasteiger partial charge in [-0.3, -0.25) is 4.79 Å². The molecule has 5 nitrogen and oxygen atoms in total. The summed E-state index contributed by atoms with van der Waals surface area (Å²) in [7, 11) is 0. The summed E-state index contributed by atoms with van der Waals surface area (Å²) in [6.45, 7) is 11.9. The summed E-state index contributed by atoms with van der Waals surface area (Å²) in [6.07, 6.45) is 4.56. The largest absolute Gasteiger partial charge is 0.352 e. The average Bonchev–Trinajstić information content (AvgIpc) is 3.20. The molecule has 3 aromatic rings. The Hall–Kier alpha value is -2.47. The second-order valence-corrected chi connectivity index (χ2v) is 10.9. The van der Waals surface area contributed by atoms with E-state index in [9.17, 15) is 4.79 Å². The van der Waals surface area contributed by atoms with Gasteiger partial charge >= 0.3 is 0 Å². The normalized spacial score (nSPS) is 19.6. The summed E-state index contributed by atoms with van der Waals surface area (Å²) in [5.41, 5.74) is 3.34. The molecule has 0 unspecified atom stereocenters. The molecule has 3 heterocycles. The number of piperazine rings is 1. The lowest BCUT2D eigenvalue weighted by atomic mass is 9.89. The van der Waals surface area contributed by atoms with Crippen LogP contribution in [0.5, 0.6) is 0 Å². The molecule has 0 N–H and O–H groups in total. The highest BCUT2D eigenvalue weighted by Gasteiger charge is 2.29. The van der Waals surface area contributed by atoms with Gasteiger partial charge in [0.1, 0.15) is 16.5 Å². The van der Waals surface area contributed by atoms with Crippen LogP contribution in [0.3, 0.4) is 0 Å². The van der Waals surface area contributed by atoms with Crippen molar-refractivity contribution in [2.75, 3.05) is 31.1 Å². The summed E-state index contributed by atoms with van der Waals surface area (Å²) in [5, 5.41) is 1.28. The van der Waals surface area contributed by atoms with Crippen LogP contribution < -0.4 is 4.90 Å². The first-order chi connectivity index (χ1) is 16.0. The van der Waals surface area contributed by atoms with Crippen molar-refractivity contribution >= 4 is 33.3 Å². The van der Waals surface area contributed by atoms with Gasteiger partial charge in [0.05, 0.1) is 5.39 Å². The lowest BCUT2D eigenvalue weighted by molar-refractivity contribution is 0.0746. The van der Waals surface area contributed by atoms with Gasteiger partial charge in [0.15, 0.2) is 0 Å². The van der Waals surface area contributed by atoms with Gasteiger partial charge in [-0.05, 0) is 55.7 Å². The zero-order valence-electron chi connectivity index (χ0n) is 20.2. The third-order valence-electron chi connectivity index (χ3n) is 7.45. The van der Waals surface area contributed by atoms with E-state index in [4.69, 9.17) is 9.97 Å². The number of rotatable bonds is 4. The van der Waals surface area contributed by atoms with E-state index in [1.807, 2.05) is 47.4 Å². The molecular formula is C27H34N4OS. The number of nitrogens with zero attached hydrogens (tertiary/aromatic N) is 4. The van der Waals surface area contributed by atoms with E-state index in [2.05, 4.69) is 25.7 Å². The van der Waals surface area contributed by atoms with E-state index < -0.39 is 0 Å². The molecule has 2 aliphatic rings. The van der Waals surface area contributed by atoms with Crippen molar-refractivity contribution in [3.05, 3.63) is 51.7 Å². The molecule has 0 bridgehead atoms. The van der Waals surface area contributed by atoms with Gasteiger partial charge in [-0.1, -0.05) is 39.0 Å². The Morgan fingerprint density at radius 3 is 2.67 bits per heavy atom. The van der Waals surface area contributed by atoms with Crippen molar-refractivity contribution in [2.24, 2.45) is 5.92 Å². The molecule has 2 aromatic heterocycles. The van der Waals surface area contributed by atoms with Crippen LogP contribution in [0.25, 0.3) is 10.2 Å². The van der Waals surface area contributed by atoms with Crippen LogP contribution in [-0.2, 0) is 12.8 Å². The molecule has 2 atom stereocenters. The molecule has 0 radical (unpaired) electrons. The fourth-order valence-electron chi connectivity index (χ4n) is 5.08. The van der Waals surface area contributed by atoms with Gasteiger partial charge in [-0.15, -0.1) is 11.3 Å². The first-order valence-electron chi connectivity index (χ1n) is 12.4. The van der Waals surface area contributed by atoms with Gasteiger partial charge in [0, 0.05) is 42.5 Å². The first kappa shape index (κ1) is 22.3. The van der Waals surface area contributed by atoms with Crippen molar-refractivity contribution in [3.8, 4) is 0 Å². The number of amides is 1. The molecule has 1 saturated heterocycles. The average molecular weight is 463 g/mol. The summed E-state index contributed by atoms with van der Waals surface area (Å²) >= 11 is 1.89. The number of hydrogen-bond donors (Lipinski definition) is 0. The predicted octanol–water partition coefficient (Wildman–Crippen LogP) is 5.60. The highest BCUT2D eigenvalue weighted by atomic mass is 32.1. The summed E-state index contributed by atoms with van der Waals surface area (Å²) in [5.74, 6) is 3.29. The van der Waals surface area contributed by atoms with Crippen LogP contribution in [-0.4, -0.2) is 47.0 Å². The van der Waals surface area contributed by atoms with E-state index in [0.29, 0.717) is 5.92 Å². The SMILES string of the molecule is CC[C@@H](C)c1nc(N2CCN(C(=O)c3ccccc3C)CC2)c2c3c(sc2n1)C[C@@H](C)CC3. The Bertz CT molecular complexity index is 1180. The maximum Gasteiger partial charge on any atom is 0.254 e. The zero-order valence-corrected chi connectivity index (χ0v) is 21.0. The standard InChI is InChI=1S/C27H34N4OS/c1-5-18(3)24-28-25(23-21-11-10-17(2)16-22(21)33-26(23)29-24)30-12-14-31(15-13-30)27(32)20-9-7-6-8-19(20)4/h6-9,17-18H,5,10-16H2,1-4H3/t17-,18+/m0/s1. The van der Waals surface area contributed by atoms with Crippen molar-refractivity contribution in [1.29, 1.82) is 0 Å². The number of carbonyl (C=O) groups excluding carboxylic acids is 1. The topological polar surface area (TPSA) is 49.3 Å². The maximum absolute atomic E-state index is 13.1. The lowest BCUT2D eigenvalue weighted by Gasteiger charge is -2.36. The fourth-order valence-corrected chi connectivity index (χ4v) is 6.46. The van der Waals surface area contributed by atoms with Gasteiger partial charge in [0.2, 0.25) is 0 Å². The van der Waals surface area contributed by atoms with Crippen LogP contribution in [0.2, 0.25) is 0 Å². The molecule has 6 heteroatoms. The van der Waals surface area contributed by atoms with Crippen molar-refractivity contribution < 1.29 is 4.79 Å². The number of carbonyl (C=O) groups is 1. The summed E-state index contributed by atoms with van der Waals surface area (Å²) < 4.78 is 0. The molecule has 0 saturated carbocycles. The molecule has 5 rings (SSSR count). The van der Waals surface area contributed by atoms with Crippen LogP contribution in [0.4, 0.5) is 5.82 Å². The minimum Gasteiger partial charge on any atom is -0.352 e. The number of fused-ring (bicyclic) bond motifs is 3. The monoisotopic (exact) mass is 462 g/mol. The number of benzene rings is 1. The minimum atomic E-state index is 0.141. The van der Waals surface area contributed by atoms with Gasteiger partial charge in [0.25, 0.3) is 5.91 Å². The number of hydrogen-bond acceptors (Lipinski definition) is 5. The highest BCUT2D eigenvalue weighted by molar-refractivity contribution is 7.19. The molecule has 1 amide bonds. The summed E-state index contributed by atoms with van der Waals surface area (Å²) in [4.78, 5) is 30.4. The van der Waals surface area contributed by atoms with Crippen molar-refractivity contribution in [2.45, 2.75) is 59.3 Å². The Morgan fingerprint density at radius 2 is 1.94 bits per heavy atom. The number of thiophene rings is 1. The molecule has 1 fully saturated rings. The Balaban J connectivity index is 1.46. The van der Waals surface area contributed by atoms with Crippen LogP contribution >= 0.6 is 11.3 Å². The molecule has 1 aromatic carbocycles. The second-order valence-electron chi connectivity index (χ2n) is 9.84. The predicted molar refractivity (Wildman–Crippen MR) is 137 cm³/mol. The quantitative estimate of drug-likeness (QED) is 0.506. The molecule has 0 spiro atoms. The van der Waals surface area contributed by atoms with E-state index in [0.717, 1.165) is 79.0 Å². The summed E-state index contributed by atoms with van der Waals surface area (Å²) in [6, 6.07) is 7.89. The van der Waals surface area contributed by atoms with Crippen molar-refractivity contribution in [1.82, 2.24) is 14.9 Å². The molecule has 1 aliphatic carbocycles. The second kappa shape index (κ2) is 9.05. The molecular weight excluding hydrogens is 428 g/mol. The Morgan fingerprint density at radius 1 is 1.18 bits per heavy atom. The van der Waals surface area contributed by atoms with Crippen LogP contribution in [0.15, 0.2) is 24.3 Å². The first-order valence-corrected chi connectivity index (χ1v) is 13.2.